The fourth-order valence-electron chi connectivity index (χ4n) is 3.37. The molecule has 1 heterocycles. The molecule has 1 aromatic heterocycles. The number of carboxylic acid groups (broad SMARTS) is 1. The monoisotopic (exact) mass is 536 g/mol. The Morgan fingerprint density at radius 3 is 2.19 bits per heavy atom. The van der Waals surface area contributed by atoms with E-state index in [0.29, 0.717) is 11.9 Å². The van der Waals surface area contributed by atoms with Crippen molar-refractivity contribution >= 4 is 82.3 Å². The maximum absolute atomic E-state index is 12.5. The second-order valence-electron chi connectivity index (χ2n) is 8.24. The van der Waals surface area contributed by atoms with Gasteiger partial charge in [-0.1, -0.05) is 67.4 Å². The van der Waals surface area contributed by atoms with E-state index < -0.39 is 17.9 Å². The predicted molar refractivity (Wildman–Crippen MR) is 146 cm³/mol. The molecule has 0 saturated carbocycles. The molecule has 0 radical (unpaired) electrons. The Hall–Kier alpha value is -2.42. The normalized spacial score (nSPS) is 11.7. The quantitative estimate of drug-likeness (QED) is 0.345. The molecule has 0 aliphatic heterocycles. The van der Waals surface area contributed by atoms with Gasteiger partial charge in [0.25, 0.3) is 5.91 Å². The van der Waals surface area contributed by atoms with Gasteiger partial charge in [-0.3, -0.25) is 4.79 Å². The van der Waals surface area contributed by atoms with Crippen LogP contribution < -0.4 is 10.2 Å². The molecular weight excluding hydrogens is 510 g/mol. The summed E-state index contributed by atoms with van der Waals surface area (Å²) >= 11 is 12.1. The van der Waals surface area contributed by atoms with Crippen molar-refractivity contribution in [1.82, 2.24) is 15.3 Å². The number of nitrogens with zero attached hydrogens (tertiary/aromatic N) is 3. The van der Waals surface area contributed by atoms with E-state index in [1.165, 1.54) is 12.1 Å². The van der Waals surface area contributed by atoms with Gasteiger partial charge >= 0.3 is 35.5 Å². The number of carboxylic acids is 1. The molecule has 36 heavy (non-hydrogen) atoms. The molecule has 2 aromatic carbocycles. The number of hydrogen-bond acceptors (Lipinski definition) is 5. The number of carbonyl (C=O) groups is 2. The molecule has 7 nitrogen and oxygen atoms in total. The summed E-state index contributed by atoms with van der Waals surface area (Å²) in [4.78, 5) is 35.0. The number of aliphatic carboxylic acids is 1. The number of carbonyl (C=O) groups excluding carboxylic acids is 1. The minimum atomic E-state index is -1.16. The SMILES string of the molecule is CC(C)CN(c1ccc(/C=C\CC(NC(=O)c2c(Cl)cccc2Cl)C(=O)O)cc1)c1ncccn1.[NaH]. The van der Waals surface area contributed by atoms with Gasteiger partial charge in [-0.15, -0.1) is 0 Å². The molecule has 10 heteroatoms. The van der Waals surface area contributed by atoms with Crippen LogP contribution in [0.1, 0.15) is 36.2 Å². The van der Waals surface area contributed by atoms with Crippen LogP contribution in [0.5, 0.6) is 0 Å². The Morgan fingerprint density at radius 2 is 1.64 bits per heavy atom. The van der Waals surface area contributed by atoms with Crippen molar-refractivity contribution in [2.75, 3.05) is 11.4 Å². The molecule has 0 spiro atoms. The average Bonchev–Trinajstić information content (AvgIpc) is 2.82. The molecule has 0 bridgehead atoms. The molecule has 0 saturated heterocycles. The van der Waals surface area contributed by atoms with E-state index in [9.17, 15) is 14.7 Å². The Morgan fingerprint density at radius 1 is 1.03 bits per heavy atom. The fourth-order valence-corrected chi connectivity index (χ4v) is 3.94. The van der Waals surface area contributed by atoms with Crippen LogP contribution in [0.4, 0.5) is 11.6 Å². The van der Waals surface area contributed by atoms with Gasteiger partial charge in [0.05, 0.1) is 15.6 Å². The summed E-state index contributed by atoms with van der Waals surface area (Å²) in [6.07, 6.45) is 7.02. The maximum atomic E-state index is 12.5. The predicted octanol–water partition coefficient (Wildman–Crippen LogP) is 5.22. The van der Waals surface area contributed by atoms with Crippen molar-refractivity contribution in [1.29, 1.82) is 0 Å². The molecule has 1 unspecified atom stereocenters. The zero-order valence-electron chi connectivity index (χ0n) is 19.4. The number of hydrogen-bond donors (Lipinski definition) is 2. The Kier molecular flexibility index (Phi) is 11.9. The fraction of sp³-hybridized carbons (Fsp3) is 0.231. The van der Waals surface area contributed by atoms with Crippen molar-refractivity contribution in [3.63, 3.8) is 0 Å². The van der Waals surface area contributed by atoms with Crippen LogP contribution in [0, 0.1) is 5.92 Å². The zero-order valence-corrected chi connectivity index (χ0v) is 20.9. The van der Waals surface area contributed by atoms with Crippen molar-refractivity contribution in [2.24, 2.45) is 5.92 Å². The zero-order chi connectivity index (χ0) is 25.4. The van der Waals surface area contributed by atoms with Crippen LogP contribution in [0.25, 0.3) is 6.08 Å². The molecule has 2 N–H and O–H groups in total. The molecular formula is C26H27Cl2N4NaO3. The molecule has 0 fully saturated rings. The molecule has 184 valence electrons. The number of anilines is 2. The molecule has 0 aliphatic carbocycles. The van der Waals surface area contributed by atoms with Crippen molar-refractivity contribution in [2.45, 2.75) is 26.3 Å². The molecule has 3 rings (SSSR count). The van der Waals surface area contributed by atoms with E-state index in [1.54, 1.807) is 36.7 Å². The van der Waals surface area contributed by atoms with Crippen molar-refractivity contribution in [3.8, 4) is 0 Å². The molecule has 1 amide bonds. The number of halogens is 2. The van der Waals surface area contributed by atoms with Gasteiger partial charge in [0.1, 0.15) is 6.04 Å². The summed E-state index contributed by atoms with van der Waals surface area (Å²) in [5.41, 5.74) is 1.89. The number of rotatable bonds is 10. The third-order valence-electron chi connectivity index (χ3n) is 5.02. The van der Waals surface area contributed by atoms with E-state index in [2.05, 4.69) is 29.1 Å². The number of benzene rings is 2. The topological polar surface area (TPSA) is 95.4 Å². The van der Waals surface area contributed by atoms with Crippen LogP contribution in [-0.2, 0) is 4.79 Å². The van der Waals surface area contributed by atoms with E-state index in [-0.39, 0.29) is 51.6 Å². The number of nitrogens with one attached hydrogen (secondary N) is 1. The van der Waals surface area contributed by atoms with Crippen LogP contribution in [0.15, 0.2) is 67.0 Å². The summed E-state index contributed by atoms with van der Waals surface area (Å²) in [7, 11) is 0. The van der Waals surface area contributed by atoms with Gasteiger partial charge in [-0.2, -0.15) is 0 Å². The first-order valence-electron chi connectivity index (χ1n) is 11.0. The Bertz CT molecular complexity index is 1170. The standard InChI is InChI=1S/C26H26Cl2N4O3.Na.H/c1-17(2)16-32(26-29-14-5-15-30-26)19-12-10-18(11-13-19)6-3-9-22(25(34)35)31-24(33)23-20(27)7-4-8-21(23)28;;/h3-8,10-15,17,22H,9,16H2,1-2H3,(H,31,33)(H,34,35);;/b6-3-;;. The van der Waals surface area contributed by atoms with E-state index in [1.807, 2.05) is 29.2 Å². The Balaban J connectivity index is 0.00000456. The van der Waals surface area contributed by atoms with Crippen molar-refractivity contribution in [3.05, 3.63) is 88.2 Å². The van der Waals surface area contributed by atoms with Crippen LogP contribution in [0.3, 0.4) is 0 Å². The van der Waals surface area contributed by atoms with Gasteiger partial charge < -0.3 is 15.3 Å². The third kappa shape index (κ3) is 8.32. The Labute approximate surface area is 242 Å². The van der Waals surface area contributed by atoms with E-state index in [0.717, 1.165) is 17.8 Å². The summed E-state index contributed by atoms with van der Waals surface area (Å²) in [5, 5.41) is 12.3. The first-order chi connectivity index (χ1) is 16.8. The van der Waals surface area contributed by atoms with Crippen LogP contribution >= 0.6 is 23.2 Å². The third-order valence-corrected chi connectivity index (χ3v) is 5.65. The first-order valence-corrected chi connectivity index (χ1v) is 11.8. The first kappa shape index (κ1) is 29.8. The minimum absolute atomic E-state index is 0. The summed E-state index contributed by atoms with van der Waals surface area (Å²) in [5.74, 6) is -0.766. The number of amides is 1. The van der Waals surface area contributed by atoms with Gasteiger partial charge in [0.2, 0.25) is 5.95 Å². The van der Waals surface area contributed by atoms with Gasteiger partial charge in [-0.05, 0) is 48.2 Å². The summed E-state index contributed by atoms with van der Waals surface area (Å²) in [6.45, 7) is 5.02. The van der Waals surface area contributed by atoms with E-state index in [4.69, 9.17) is 23.2 Å². The summed E-state index contributed by atoms with van der Waals surface area (Å²) in [6, 6.07) is 13.1. The number of aromatic nitrogens is 2. The van der Waals surface area contributed by atoms with E-state index >= 15 is 0 Å². The second-order valence-corrected chi connectivity index (χ2v) is 9.06. The molecule has 0 aliphatic rings. The average molecular weight is 537 g/mol. The van der Waals surface area contributed by atoms with Crippen molar-refractivity contribution < 1.29 is 14.7 Å². The van der Waals surface area contributed by atoms with Gasteiger partial charge in [0, 0.05) is 24.6 Å². The van der Waals surface area contributed by atoms with Crippen LogP contribution in [0.2, 0.25) is 10.0 Å². The summed E-state index contributed by atoms with van der Waals surface area (Å²) < 4.78 is 0. The second kappa shape index (κ2) is 14.4. The molecule has 3 aromatic rings. The van der Waals surface area contributed by atoms with Gasteiger partial charge in [0.15, 0.2) is 0 Å². The molecule has 1 atom stereocenters. The van der Waals surface area contributed by atoms with Crippen LogP contribution in [-0.4, -0.2) is 69.1 Å². The van der Waals surface area contributed by atoms with Gasteiger partial charge in [-0.25, -0.2) is 14.8 Å².